The Balaban J connectivity index is 0.000000306. The molecule has 98 valence electrons. The van der Waals surface area contributed by atoms with Gasteiger partial charge in [0, 0.05) is 18.3 Å². The van der Waals surface area contributed by atoms with Gasteiger partial charge in [0.15, 0.2) is 0 Å². The van der Waals surface area contributed by atoms with Gasteiger partial charge in [-0.1, -0.05) is 7.43 Å². The third-order valence-corrected chi connectivity index (χ3v) is 1.66. The van der Waals surface area contributed by atoms with Crippen molar-refractivity contribution in [2.24, 2.45) is 0 Å². The summed E-state index contributed by atoms with van der Waals surface area (Å²) in [7, 11) is 1.49. The van der Waals surface area contributed by atoms with E-state index in [1.54, 1.807) is 0 Å². The predicted molar refractivity (Wildman–Crippen MR) is 64.5 cm³/mol. The number of hydrogen-bond donors (Lipinski definition) is 1. The van der Waals surface area contributed by atoms with Gasteiger partial charge in [-0.3, -0.25) is 4.79 Å². The Morgan fingerprint density at radius 2 is 1.83 bits per heavy atom. The van der Waals surface area contributed by atoms with Gasteiger partial charge in [-0.05, 0) is 12.1 Å². The van der Waals surface area contributed by atoms with Crippen molar-refractivity contribution < 1.29 is 13.5 Å². The van der Waals surface area contributed by atoms with Crippen LogP contribution in [0.4, 0.5) is 8.78 Å². The van der Waals surface area contributed by atoms with E-state index in [0.29, 0.717) is 5.88 Å². The lowest BCUT2D eigenvalue weighted by molar-refractivity contribution is 0.396. The monoisotopic (exact) mass is 256 g/mol. The molecule has 0 fully saturated rings. The summed E-state index contributed by atoms with van der Waals surface area (Å²) >= 11 is 0. The molecule has 0 saturated carbocycles. The normalized spacial score (nSPS) is 8.61. The second-order valence-corrected chi connectivity index (χ2v) is 2.89. The summed E-state index contributed by atoms with van der Waals surface area (Å²) in [5.41, 5.74) is -0.286. The van der Waals surface area contributed by atoms with Gasteiger partial charge in [-0.15, -0.1) is 0 Å². The highest BCUT2D eigenvalue weighted by Crippen LogP contribution is 2.03. The molecule has 0 amide bonds. The highest BCUT2D eigenvalue weighted by atomic mass is 19.1. The topological polar surface area (TPSA) is 55.0 Å². The zero-order valence-electron chi connectivity index (χ0n) is 8.98. The molecule has 2 rings (SSSR count). The van der Waals surface area contributed by atoms with Gasteiger partial charge in [0.1, 0.15) is 11.6 Å². The SMILES string of the molecule is C.COc1ccc(F)cn1.O=c1ccc(F)c[nH]1. The van der Waals surface area contributed by atoms with Crippen LogP contribution in [-0.2, 0) is 0 Å². The third kappa shape index (κ3) is 5.74. The first-order chi connectivity index (χ1) is 8.11. The number of H-pyrrole nitrogens is 1. The number of pyridine rings is 2. The highest BCUT2D eigenvalue weighted by Gasteiger charge is 1.90. The van der Waals surface area contributed by atoms with Gasteiger partial charge < -0.3 is 9.72 Å². The molecule has 18 heavy (non-hydrogen) atoms. The summed E-state index contributed by atoms with van der Waals surface area (Å²) in [6, 6.07) is 5.01. The van der Waals surface area contributed by atoms with E-state index in [0.717, 1.165) is 24.5 Å². The Hall–Kier alpha value is -2.24. The van der Waals surface area contributed by atoms with Crippen molar-refractivity contribution in [3.63, 3.8) is 0 Å². The molecular weight excluding hydrogens is 242 g/mol. The van der Waals surface area contributed by atoms with E-state index < -0.39 is 5.82 Å². The first-order valence-corrected chi connectivity index (χ1v) is 4.61. The number of aromatic nitrogens is 2. The van der Waals surface area contributed by atoms with Gasteiger partial charge in [-0.25, -0.2) is 13.8 Å². The average Bonchev–Trinajstić information content (AvgIpc) is 2.35. The average molecular weight is 256 g/mol. The van der Waals surface area contributed by atoms with Crippen molar-refractivity contribution in [2.75, 3.05) is 7.11 Å². The number of methoxy groups -OCH3 is 1. The lowest BCUT2D eigenvalue weighted by atomic mass is 10.5. The van der Waals surface area contributed by atoms with Gasteiger partial charge in [0.05, 0.1) is 13.3 Å². The van der Waals surface area contributed by atoms with Crippen LogP contribution in [0.25, 0.3) is 0 Å². The van der Waals surface area contributed by atoms with Crippen LogP contribution >= 0.6 is 0 Å². The first kappa shape index (κ1) is 15.8. The van der Waals surface area contributed by atoms with Crippen LogP contribution in [0, 0.1) is 11.6 Å². The Labute approximate surface area is 103 Å². The van der Waals surface area contributed by atoms with E-state index in [1.807, 2.05) is 0 Å². The Morgan fingerprint density at radius 3 is 2.22 bits per heavy atom. The number of nitrogens with zero attached hydrogens (tertiary/aromatic N) is 1. The molecule has 0 unspecified atom stereocenters. The lowest BCUT2D eigenvalue weighted by Gasteiger charge is -1.94. The van der Waals surface area contributed by atoms with E-state index in [2.05, 4.69) is 9.97 Å². The summed E-state index contributed by atoms with van der Waals surface area (Å²) in [6.07, 6.45) is 2.13. The lowest BCUT2D eigenvalue weighted by Crippen LogP contribution is -2.01. The van der Waals surface area contributed by atoms with E-state index in [1.165, 1.54) is 19.2 Å². The van der Waals surface area contributed by atoms with Crippen molar-refractivity contribution in [1.82, 2.24) is 9.97 Å². The molecule has 0 aromatic carbocycles. The smallest absolute Gasteiger partial charge is 0.248 e. The van der Waals surface area contributed by atoms with Gasteiger partial charge in [-0.2, -0.15) is 0 Å². The molecule has 2 aromatic heterocycles. The molecular formula is C12H14F2N2O2. The number of nitrogens with one attached hydrogen (secondary N) is 1. The molecule has 0 saturated heterocycles. The van der Waals surface area contributed by atoms with Crippen molar-refractivity contribution in [2.45, 2.75) is 7.43 Å². The fourth-order valence-corrected chi connectivity index (χ4v) is 0.875. The molecule has 1 N–H and O–H groups in total. The van der Waals surface area contributed by atoms with E-state index in [-0.39, 0.29) is 18.8 Å². The van der Waals surface area contributed by atoms with E-state index in [9.17, 15) is 13.6 Å². The standard InChI is InChI=1S/C6H6FNO.C5H4FNO.CH4/c1-9-6-3-2-5(7)4-8-6;6-4-1-2-5(8)7-3-4;/h2-4H,1H3;1-3H,(H,7,8);1H4. The molecule has 0 bridgehead atoms. The summed E-state index contributed by atoms with van der Waals surface area (Å²) in [6.45, 7) is 0. The van der Waals surface area contributed by atoms with Crippen LogP contribution in [0.2, 0.25) is 0 Å². The van der Waals surface area contributed by atoms with Crippen molar-refractivity contribution >= 4 is 0 Å². The maximum atomic E-state index is 12.1. The van der Waals surface area contributed by atoms with Crippen molar-refractivity contribution in [3.05, 3.63) is 58.6 Å². The molecule has 0 aliphatic rings. The second kappa shape index (κ2) is 7.94. The van der Waals surface area contributed by atoms with Crippen LogP contribution in [0.15, 0.2) is 41.5 Å². The zero-order chi connectivity index (χ0) is 12.7. The summed E-state index contributed by atoms with van der Waals surface area (Å²) in [5, 5.41) is 0. The molecule has 0 spiro atoms. The zero-order valence-corrected chi connectivity index (χ0v) is 8.98. The maximum Gasteiger partial charge on any atom is 0.248 e. The third-order valence-electron chi connectivity index (χ3n) is 1.66. The van der Waals surface area contributed by atoms with Crippen LogP contribution in [0.3, 0.4) is 0 Å². The number of ether oxygens (including phenoxy) is 1. The fraction of sp³-hybridized carbons (Fsp3) is 0.167. The minimum Gasteiger partial charge on any atom is -0.481 e. The number of halogens is 2. The molecule has 0 aliphatic heterocycles. The second-order valence-electron chi connectivity index (χ2n) is 2.89. The number of rotatable bonds is 1. The largest absolute Gasteiger partial charge is 0.481 e. The minimum atomic E-state index is -0.426. The summed E-state index contributed by atoms with van der Waals surface area (Å²) in [4.78, 5) is 16.0. The first-order valence-electron chi connectivity index (χ1n) is 4.61. The van der Waals surface area contributed by atoms with Crippen LogP contribution in [0.5, 0.6) is 5.88 Å². The van der Waals surface area contributed by atoms with Gasteiger partial charge in [0.25, 0.3) is 0 Å². The predicted octanol–water partition coefficient (Wildman–Crippen LogP) is 2.38. The van der Waals surface area contributed by atoms with Crippen molar-refractivity contribution in [1.29, 1.82) is 0 Å². The Kier molecular flexibility index (Phi) is 6.95. The fourth-order valence-electron chi connectivity index (χ4n) is 0.875. The Morgan fingerprint density at radius 1 is 1.17 bits per heavy atom. The number of hydrogen-bond acceptors (Lipinski definition) is 3. The molecule has 6 heteroatoms. The van der Waals surface area contributed by atoms with Crippen LogP contribution in [-0.4, -0.2) is 17.1 Å². The minimum absolute atomic E-state index is 0. The summed E-state index contributed by atoms with van der Waals surface area (Å²) in [5.74, 6) is -0.350. The Bertz CT molecular complexity index is 492. The molecule has 2 heterocycles. The van der Waals surface area contributed by atoms with E-state index >= 15 is 0 Å². The molecule has 4 nitrogen and oxygen atoms in total. The molecule has 0 atom stereocenters. The van der Waals surface area contributed by atoms with Crippen molar-refractivity contribution in [3.8, 4) is 5.88 Å². The van der Waals surface area contributed by atoms with Gasteiger partial charge in [0.2, 0.25) is 11.4 Å². The summed E-state index contributed by atoms with van der Waals surface area (Å²) < 4.78 is 28.7. The highest BCUT2D eigenvalue weighted by molar-refractivity contribution is 5.10. The molecule has 2 aromatic rings. The van der Waals surface area contributed by atoms with E-state index in [4.69, 9.17) is 4.74 Å². The quantitative estimate of drug-likeness (QED) is 0.852. The number of aromatic amines is 1. The van der Waals surface area contributed by atoms with Gasteiger partial charge >= 0.3 is 0 Å². The van der Waals surface area contributed by atoms with Crippen LogP contribution < -0.4 is 10.3 Å². The molecule has 0 radical (unpaired) electrons. The van der Waals surface area contributed by atoms with Crippen LogP contribution in [0.1, 0.15) is 7.43 Å². The maximum absolute atomic E-state index is 12.1. The molecule has 0 aliphatic carbocycles.